The SMILES string of the molecule is CCNC(=NCc1cccc(OC)c1O)NCCc1ncc(C)s1.I. The topological polar surface area (TPSA) is 78.8 Å². The Bertz CT molecular complexity index is 691. The van der Waals surface area contributed by atoms with Gasteiger partial charge in [-0.15, -0.1) is 35.3 Å². The van der Waals surface area contributed by atoms with Gasteiger partial charge < -0.3 is 20.5 Å². The highest BCUT2D eigenvalue weighted by molar-refractivity contribution is 14.0. The molecule has 1 aromatic carbocycles. The Hall–Kier alpha value is -1.55. The minimum absolute atomic E-state index is 0. The number of benzene rings is 1. The Labute approximate surface area is 169 Å². The summed E-state index contributed by atoms with van der Waals surface area (Å²) in [7, 11) is 1.54. The van der Waals surface area contributed by atoms with Crippen molar-refractivity contribution in [3.63, 3.8) is 0 Å². The van der Waals surface area contributed by atoms with Gasteiger partial charge >= 0.3 is 0 Å². The lowest BCUT2D eigenvalue weighted by atomic mass is 10.2. The molecule has 2 rings (SSSR count). The second kappa shape index (κ2) is 11.1. The fourth-order valence-corrected chi connectivity index (χ4v) is 2.96. The van der Waals surface area contributed by atoms with Crippen LogP contribution in [0, 0.1) is 6.92 Å². The van der Waals surface area contributed by atoms with Crippen LogP contribution in [0.25, 0.3) is 0 Å². The Kier molecular flexibility index (Phi) is 9.58. The number of phenolic OH excluding ortho intramolecular Hbond substituents is 1. The van der Waals surface area contributed by atoms with Gasteiger partial charge in [-0.3, -0.25) is 0 Å². The standard InChI is InChI=1S/C17H24N4O2S.HI/c1-4-18-17(19-9-8-15-20-10-12(2)24-15)21-11-13-6-5-7-14(23-3)16(13)22;/h5-7,10,22H,4,8-9,11H2,1-3H3,(H2,18,19,21);1H. The molecule has 0 atom stereocenters. The van der Waals surface area contributed by atoms with Crippen LogP contribution >= 0.6 is 35.3 Å². The maximum atomic E-state index is 10.1. The molecule has 0 bridgehead atoms. The molecular weight excluding hydrogens is 451 g/mol. The van der Waals surface area contributed by atoms with Gasteiger partial charge in [-0.2, -0.15) is 0 Å². The first-order valence-electron chi connectivity index (χ1n) is 7.92. The summed E-state index contributed by atoms with van der Waals surface area (Å²) in [6.45, 7) is 5.97. The number of aromatic nitrogens is 1. The number of guanidine groups is 1. The predicted octanol–water partition coefficient (Wildman–Crippen LogP) is 3.08. The molecule has 6 nitrogen and oxygen atoms in total. The minimum atomic E-state index is 0. The molecule has 0 aliphatic rings. The summed E-state index contributed by atoms with van der Waals surface area (Å²) in [4.78, 5) is 10.1. The van der Waals surface area contributed by atoms with Crippen LogP contribution in [0.15, 0.2) is 29.4 Å². The molecule has 0 aliphatic heterocycles. The first kappa shape index (κ1) is 21.5. The number of rotatable bonds is 7. The van der Waals surface area contributed by atoms with E-state index in [0.29, 0.717) is 18.3 Å². The van der Waals surface area contributed by atoms with Crippen molar-refractivity contribution in [3.8, 4) is 11.5 Å². The average Bonchev–Trinajstić information content (AvgIpc) is 2.99. The second-order valence-corrected chi connectivity index (χ2v) is 6.52. The van der Waals surface area contributed by atoms with Gasteiger partial charge in [0.1, 0.15) is 0 Å². The fraction of sp³-hybridized carbons (Fsp3) is 0.412. The number of hydrogen-bond acceptors (Lipinski definition) is 5. The van der Waals surface area contributed by atoms with Crippen molar-refractivity contribution in [2.45, 2.75) is 26.8 Å². The molecule has 0 saturated heterocycles. The zero-order chi connectivity index (χ0) is 17.4. The van der Waals surface area contributed by atoms with Crippen LogP contribution in [0.2, 0.25) is 0 Å². The molecular formula is C17H25IN4O2S. The maximum Gasteiger partial charge on any atom is 0.191 e. The third kappa shape index (κ3) is 6.69. The van der Waals surface area contributed by atoms with Gasteiger partial charge in [0.2, 0.25) is 0 Å². The lowest BCUT2D eigenvalue weighted by molar-refractivity contribution is 0.370. The molecule has 0 amide bonds. The van der Waals surface area contributed by atoms with E-state index in [2.05, 4.69) is 27.5 Å². The molecule has 0 radical (unpaired) electrons. The van der Waals surface area contributed by atoms with Gasteiger partial charge in [-0.05, 0) is 19.9 Å². The van der Waals surface area contributed by atoms with Crippen LogP contribution in [0.4, 0.5) is 0 Å². The maximum absolute atomic E-state index is 10.1. The highest BCUT2D eigenvalue weighted by atomic mass is 127. The second-order valence-electron chi connectivity index (χ2n) is 5.20. The number of aliphatic imine (C=N–C) groups is 1. The van der Waals surface area contributed by atoms with Crippen molar-refractivity contribution in [2.24, 2.45) is 4.99 Å². The van der Waals surface area contributed by atoms with Crippen LogP contribution in [0.1, 0.15) is 22.4 Å². The number of nitrogens with one attached hydrogen (secondary N) is 2. The Morgan fingerprint density at radius 2 is 2.16 bits per heavy atom. The fourth-order valence-electron chi connectivity index (χ4n) is 2.17. The van der Waals surface area contributed by atoms with Crippen LogP contribution < -0.4 is 15.4 Å². The molecule has 8 heteroatoms. The van der Waals surface area contributed by atoms with Crippen molar-refractivity contribution in [3.05, 3.63) is 39.8 Å². The Morgan fingerprint density at radius 3 is 2.80 bits per heavy atom. The molecule has 0 fully saturated rings. The summed E-state index contributed by atoms with van der Waals surface area (Å²) in [5.41, 5.74) is 0.724. The number of thiazole rings is 1. The minimum Gasteiger partial charge on any atom is -0.504 e. The first-order chi connectivity index (χ1) is 11.6. The number of hydrogen-bond donors (Lipinski definition) is 3. The summed E-state index contributed by atoms with van der Waals surface area (Å²) in [6.07, 6.45) is 2.75. The van der Waals surface area contributed by atoms with Crippen LogP contribution in [-0.2, 0) is 13.0 Å². The number of ether oxygens (including phenoxy) is 1. The normalized spacial score (nSPS) is 10.9. The third-order valence-electron chi connectivity index (χ3n) is 3.35. The molecule has 25 heavy (non-hydrogen) atoms. The van der Waals surface area contributed by atoms with Gasteiger partial charge in [0.25, 0.3) is 0 Å². The molecule has 0 spiro atoms. The summed E-state index contributed by atoms with van der Waals surface area (Å²) in [5, 5.41) is 17.7. The van der Waals surface area contributed by atoms with Crippen LogP contribution in [0.3, 0.4) is 0 Å². The van der Waals surface area contributed by atoms with E-state index in [1.807, 2.05) is 25.3 Å². The number of halogens is 1. The number of methoxy groups -OCH3 is 1. The summed E-state index contributed by atoms with van der Waals surface area (Å²) >= 11 is 1.71. The van der Waals surface area contributed by atoms with Crippen molar-refractivity contribution < 1.29 is 9.84 Å². The van der Waals surface area contributed by atoms with Gasteiger partial charge in [-0.25, -0.2) is 9.98 Å². The summed E-state index contributed by atoms with van der Waals surface area (Å²) in [6, 6.07) is 5.40. The van der Waals surface area contributed by atoms with Crippen LogP contribution in [-0.4, -0.2) is 36.2 Å². The van der Waals surface area contributed by atoms with Crippen molar-refractivity contribution in [1.29, 1.82) is 0 Å². The molecule has 138 valence electrons. The number of phenols is 1. The first-order valence-corrected chi connectivity index (χ1v) is 8.74. The van der Waals surface area contributed by atoms with E-state index in [0.717, 1.165) is 30.1 Å². The monoisotopic (exact) mass is 476 g/mol. The Morgan fingerprint density at radius 1 is 1.36 bits per heavy atom. The van der Waals surface area contributed by atoms with Crippen molar-refractivity contribution in [2.75, 3.05) is 20.2 Å². The lowest BCUT2D eigenvalue weighted by Crippen LogP contribution is -2.38. The molecule has 1 aromatic heterocycles. The molecule has 1 heterocycles. The van der Waals surface area contributed by atoms with E-state index >= 15 is 0 Å². The number of aryl methyl sites for hydroxylation is 1. The van der Waals surface area contributed by atoms with E-state index in [4.69, 9.17) is 4.74 Å². The van der Waals surface area contributed by atoms with Gasteiger partial charge in [0.15, 0.2) is 17.5 Å². The van der Waals surface area contributed by atoms with Gasteiger partial charge in [-0.1, -0.05) is 12.1 Å². The number of para-hydroxylation sites is 1. The summed E-state index contributed by atoms with van der Waals surface area (Å²) < 4.78 is 5.12. The highest BCUT2D eigenvalue weighted by Gasteiger charge is 2.07. The largest absolute Gasteiger partial charge is 0.504 e. The predicted molar refractivity (Wildman–Crippen MR) is 113 cm³/mol. The third-order valence-corrected chi connectivity index (χ3v) is 4.33. The van der Waals surface area contributed by atoms with E-state index < -0.39 is 0 Å². The van der Waals surface area contributed by atoms with E-state index in [-0.39, 0.29) is 29.7 Å². The van der Waals surface area contributed by atoms with Gasteiger partial charge in [0, 0.05) is 36.1 Å². The zero-order valence-corrected chi connectivity index (χ0v) is 17.9. The van der Waals surface area contributed by atoms with Crippen LogP contribution in [0.5, 0.6) is 11.5 Å². The molecule has 0 saturated carbocycles. The highest BCUT2D eigenvalue weighted by Crippen LogP contribution is 2.29. The smallest absolute Gasteiger partial charge is 0.191 e. The average molecular weight is 476 g/mol. The lowest BCUT2D eigenvalue weighted by Gasteiger charge is -2.11. The quantitative estimate of drug-likeness (QED) is 0.325. The van der Waals surface area contributed by atoms with Gasteiger partial charge in [0.05, 0.1) is 18.7 Å². The Balaban J connectivity index is 0.00000312. The van der Waals surface area contributed by atoms with E-state index in [9.17, 15) is 5.11 Å². The van der Waals surface area contributed by atoms with E-state index in [1.54, 1.807) is 17.4 Å². The zero-order valence-electron chi connectivity index (χ0n) is 14.7. The number of aromatic hydroxyl groups is 1. The molecule has 0 unspecified atom stereocenters. The molecule has 3 N–H and O–H groups in total. The van der Waals surface area contributed by atoms with E-state index in [1.165, 1.54) is 12.0 Å². The molecule has 2 aromatic rings. The van der Waals surface area contributed by atoms with Crippen molar-refractivity contribution >= 4 is 41.3 Å². The molecule has 0 aliphatic carbocycles. The van der Waals surface area contributed by atoms with Crippen molar-refractivity contribution in [1.82, 2.24) is 15.6 Å². The number of nitrogens with zero attached hydrogens (tertiary/aromatic N) is 2. The summed E-state index contributed by atoms with van der Waals surface area (Å²) in [5.74, 6) is 1.31.